The van der Waals surface area contributed by atoms with Gasteiger partial charge in [-0.15, -0.1) is 0 Å². The van der Waals surface area contributed by atoms with Gasteiger partial charge in [0.1, 0.15) is 11.6 Å². The van der Waals surface area contributed by atoms with Crippen LogP contribution in [0.5, 0.6) is 0 Å². The summed E-state index contributed by atoms with van der Waals surface area (Å²) in [5.74, 6) is -1.06. The van der Waals surface area contributed by atoms with Crippen LogP contribution in [0.3, 0.4) is 0 Å². The van der Waals surface area contributed by atoms with E-state index < -0.39 is 11.6 Å². The van der Waals surface area contributed by atoms with Crippen LogP contribution in [0.2, 0.25) is 0 Å². The van der Waals surface area contributed by atoms with Gasteiger partial charge in [-0.3, -0.25) is 0 Å². The molecule has 0 amide bonds. The van der Waals surface area contributed by atoms with E-state index in [4.69, 9.17) is 5.73 Å². The summed E-state index contributed by atoms with van der Waals surface area (Å²) >= 11 is 0. The minimum Gasteiger partial charge on any atom is -0.327 e. The fraction of sp³-hybridized carbons (Fsp3) is 0.200. The van der Waals surface area contributed by atoms with Crippen molar-refractivity contribution in [3.8, 4) is 0 Å². The maximum atomic E-state index is 13.5. The monoisotopic (exact) mass is 247 g/mol. The average Bonchev–Trinajstić information content (AvgIpc) is 2.35. The first kappa shape index (κ1) is 12.7. The van der Waals surface area contributed by atoms with Crippen LogP contribution in [0, 0.1) is 11.6 Å². The van der Waals surface area contributed by atoms with E-state index in [0.29, 0.717) is 6.42 Å². The van der Waals surface area contributed by atoms with Crippen LogP contribution >= 0.6 is 0 Å². The van der Waals surface area contributed by atoms with Crippen molar-refractivity contribution in [1.82, 2.24) is 0 Å². The zero-order valence-electron chi connectivity index (χ0n) is 9.94. The van der Waals surface area contributed by atoms with Gasteiger partial charge >= 0.3 is 0 Å². The lowest BCUT2D eigenvalue weighted by Gasteiger charge is -2.13. The standard InChI is InChI=1S/C15H15F2N/c16-14-7-4-8-15(17)13(14)10-12(18)9-11-5-2-1-3-6-11/h1-8,12H,9-10,18H2. The molecule has 0 radical (unpaired) electrons. The Morgan fingerprint density at radius 1 is 0.833 bits per heavy atom. The maximum absolute atomic E-state index is 13.5. The Balaban J connectivity index is 2.06. The van der Waals surface area contributed by atoms with Gasteiger partial charge in [-0.1, -0.05) is 36.4 Å². The maximum Gasteiger partial charge on any atom is 0.129 e. The van der Waals surface area contributed by atoms with Gasteiger partial charge in [0.05, 0.1) is 0 Å². The van der Waals surface area contributed by atoms with Crippen LogP contribution in [0.4, 0.5) is 8.78 Å². The highest BCUT2D eigenvalue weighted by molar-refractivity contribution is 5.22. The van der Waals surface area contributed by atoms with E-state index in [1.807, 2.05) is 30.3 Å². The third-order valence-corrected chi connectivity index (χ3v) is 2.87. The quantitative estimate of drug-likeness (QED) is 0.882. The van der Waals surface area contributed by atoms with Crippen molar-refractivity contribution in [3.63, 3.8) is 0 Å². The predicted molar refractivity (Wildman–Crippen MR) is 68.2 cm³/mol. The van der Waals surface area contributed by atoms with Crippen molar-refractivity contribution in [2.75, 3.05) is 0 Å². The molecule has 0 bridgehead atoms. The molecule has 2 aromatic rings. The van der Waals surface area contributed by atoms with E-state index in [9.17, 15) is 8.78 Å². The summed E-state index contributed by atoms with van der Waals surface area (Å²) in [6.45, 7) is 0. The highest BCUT2D eigenvalue weighted by atomic mass is 19.1. The Hall–Kier alpha value is -1.74. The minimum absolute atomic E-state index is 0.0703. The molecule has 2 N–H and O–H groups in total. The van der Waals surface area contributed by atoms with Crippen molar-refractivity contribution >= 4 is 0 Å². The van der Waals surface area contributed by atoms with Gasteiger partial charge in [0.2, 0.25) is 0 Å². The molecule has 0 fully saturated rings. The second kappa shape index (κ2) is 5.74. The molecule has 0 saturated carbocycles. The molecular weight excluding hydrogens is 232 g/mol. The molecule has 1 nitrogen and oxygen atoms in total. The summed E-state index contributed by atoms with van der Waals surface area (Å²) in [6.07, 6.45) is 0.808. The van der Waals surface area contributed by atoms with E-state index in [-0.39, 0.29) is 18.0 Å². The van der Waals surface area contributed by atoms with E-state index >= 15 is 0 Å². The van der Waals surface area contributed by atoms with E-state index in [1.54, 1.807) is 0 Å². The van der Waals surface area contributed by atoms with Gasteiger partial charge < -0.3 is 5.73 Å². The Kier molecular flexibility index (Phi) is 4.05. The van der Waals surface area contributed by atoms with Gasteiger partial charge in [0.15, 0.2) is 0 Å². The topological polar surface area (TPSA) is 26.0 Å². The van der Waals surface area contributed by atoms with Gasteiger partial charge in [0, 0.05) is 11.6 Å². The summed E-state index contributed by atoms with van der Waals surface area (Å²) < 4.78 is 26.9. The third-order valence-electron chi connectivity index (χ3n) is 2.87. The first-order valence-electron chi connectivity index (χ1n) is 5.89. The summed E-state index contributed by atoms with van der Waals surface area (Å²) in [6, 6.07) is 13.3. The normalized spacial score (nSPS) is 12.4. The lowest BCUT2D eigenvalue weighted by molar-refractivity contribution is 0.533. The van der Waals surface area contributed by atoms with Crippen LogP contribution in [-0.2, 0) is 12.8 Å². The number of rotatable bonds is 4. The molecule has 0 aliphatic rings. The Labute approximate surface area is 105 Å². The van der Waals surface area contributed by atoms with E-state index in [2.05, 4.69) is 0 Å². The highest BCUT2D eigenvalue weighted by Crippen LogP contribution is 2.15. The highest BCUT2D eigenvalue weighted by Gasteiger charge is 2.13. The van der Waals surface area contributed by atoms with Crippen molar-refractivity contribution in [3.05, 3.63) is 71.3 Å². The minimum atomic E-state index is -0.529. The molecular formula is C15H15F2N. The molecule has 0 saturated heterocycles. The molecule has 0 aliphatic heterocycles. The lowest BCUT2D eigenvalue weighted by Crippen LogP contribution is -2.26. The molecule has 2 aromatic carbocycles. The molecule has 2 rings (SSSR count). The predicted octanol–water partition coefficient (Wildman–Crippen LogP) is 3.08. The largest absolute Gasteiger partial charge is 0.327 e. The molecule has 0 aliphatic carbocycles. The number of hydrogen-bond donors (Lipinski definition) is 1. The van der Waals surface area contributed by atoms with Crippen molar-refractivity contribution in [2.45, 2.75) is 18.9 Å². The average molecular weight is 247 g/mol. The number of benzene rings is 2. The summed E-state index contributed by atoms with van der Waals surface area (Å²) in [5, 5.41) is 0. The smallest absolute Gasteiger partial charge is 0.129 e. The van der Waals surface area contributed by atoms with Gasteiger partial charge in [-0.25, -0.2) is 8.78 Å². The second-order valence-corrected chi connectivity index (χ2v) is 4.35. The molecule has 3 heteroatoms. The molecule has 18 heavy (non-hydrogen) atoms. The van der Waals surface area contributed by atoms with Crippen molar-refractivity contribution in [1.29, 1.82) is 0 Å². The van der Waals surface area contributed by atoms with Crippen LogP contribution in [0.15, 0.2) is 48.5 Å². The zero-order chi connectivity index (χ0) is 13.0. The van der Waals surface area contributed by atoms with Crippen molar-refractivity contribution < 1.29 is 8.78 Å². The van der Waals surface area contributed by atoms with Gasteiger partial charge in [-0.05, 0) is 30.5 Å². The molecule has 1 atom stereocenters. The number of halogens is 2. The van der Waals surface area contributed by atoms with Crippen molar-refractivity contribution in [2.24, 2.45) is 5.73 Å². The molecule has 0 heterocycles. The molecule has 0 aromatic heterocycles. The summed E-state index contributed by atoms with van der Waals surface area (Å²) in [4.78, 5) is 0. The second-order valence-electron chi connectivity index (χ2n) is 4.35. The fourth-order valence-corrected chi connectivity index (χ4v) is 1.98. The Morgan fingerprint density at radius 3 is 2.06 bits per heavy atom. The van der Waals surface area contributed by atoms with Crippen LogP contribution < -0.4 is 5.73 Å². The molecule has 1 unspecified atom stereocenters. The van der Waals surface area contributed by atoms with Gasteiger partial charge in [-0.2, -0.15) is 0 Å². The fourth-order valence-electron chi connectivity index (χ4n) is 1.98. The first-order chi connectivity index (χ1) is 8.66. The first-order valence-corrected chi connectivity index (χ1v) is 5.89. The zero-order valence-corrected chi connectivity index (χ0v) is 9.94. The molecule has 94 valence electrons. The Morgan fingerprint density at radius 2 is 1.44 bits per heavy atom. The van der Waals surface area contributed by atoms with E-state index in [0.717, 1.165) is 5.56 Å². The number of nitrogens with two attached hydrogens (primary N) is 1. The van der Waals surface area contributed by atoms with Gasteiger partial charge in [0.25, 0.3) is 0 Å². The van der Waals surface area contributed by atoms with E-state index in [1.165, 1.54) is 18.2 Å². The lowest BCUT2D eigenvalue weighted by atomic mass is 9.99. The number of hydrogen-bond acceptors (Lipinski definition) is 1. The van der Waals surface area contributed by atoms with Crippen LogP contribution in [0.25, 0.3) is 0 Å². The molecule has 0 spiro atoms. The SMILES string of the molecule is NC(Cc1ccccc1)Cc1c(F)cccc1F. The van der Waals surface area contributed by atoms with Crippen LogP contribution in [-0.4, -0.2) is 6.04 Å². The summed E-state index contributed by atoms with van der Waals surface area (Å²) in [7, 11) is 0. The third kappa shape index (κ3) is 3.14. The summed E-state index contributed by atoms with van der Waals surface area (Å²) in [5.41, 5.74) is 7.08. The Bertz CT molecular complexity index is 491. The van der Waals surface area contributed by atoms with Crippen LogP contribution in [0.1, 0.15) is 11.1 Å².